The summed E-state index contributed by atoms with van der Waals surface area (Å²) in [6.45, 7) is 3.45. The molecule has 0 aromatic carbocycles. The van der Waals surface area contributed by atoms with Crippen LogP contribution in [0.3, 0.4) is 0 Å². The van der Waals surface area contributed by atoms with Gasteiger partial charge in [0.25, 0.3) is 0 Å². The molecule has 1 rings (SSSR count). The van der Waals surface area contributed by atoms with Crippen molar-refractivity contribution in [3.05, 3.63) is 11.8 Å². The number of nitrogens with zero attached hydrogens (tertiary/aromatic N) is 2. The van der Waals surface area contributed by atoms with Gasteiger partial charge in [0.05, 0.1) is 10.9 Å². The molecule has 0 aliphatic carbocycles. The average Bonchev–Trinajstić information content (AvgIpc) is 2.43. The highest BCUT2D eigenvalue weighted by atomic mass is 32.2. The summed E-state index contributed by atoms with van der Waals surface area (Å²) >= 11 is 0. The van der Waals surface area contributed by atoms with E-state index in [1.54, 1.807) is 27.0 Å². The first-order chi connectivity index (χ1) is 6.86. The summed E-state index contributed by atoms with van der Waals surface area (Å²) in [5.74, 6) is 0.452. The van der Waals surface area contributed by atoms with Crippen LogP contribution in [0.4, 0.5) is 5.82 Å². The molecule has 1 heterocycles. The molecule has 0 spiro atoms. The largest absolute Gasteiger partial charge is 0.329 e. The second kappa shape index (κ2) is 4.19. The molecule has 1 aromatic rings. The predicted molar refractivity (Wildman–Crippen MR) is 59.0 cm³/mol. The Morgan fingerprint density at radius 2 is 2.27 bits per heavy atom. The zero-order valence-electron chi connectivity index (χ0n) is 9.06. The van der Waals surface area contributed by atoms with Crippen molar-refractivity contribution in [1.82, 2.24) is 9.78 Å². The fourth-order valence-corrected chi connectivity index (χ4v) is 2.02. The number of hydrogen-bond donors (Lipinski definition) is 2. The fraction of sp³-hybridized carbons (Fsp3) is 0.625. The van der Waals surface area contributed by atoms with E-state index in [2.05, 4.69) is 9.82 Å². The normalized spacial score (nSPS) is 13.9. The Bertz CT molecular complexity index is 437. The summed E-state index contributed by atoms with van der Waals surface area (Å²) < 4.78 is 27.3. The van der Waals surface area contributed by atoms with Crippen LogP contribution in [0.15, 0.2) is 6.07 Å². The third kappa shape index (κ3) is 2.69. The van der Waals surface area contributed by atoms with Gasteiger partial charge < -0.3 is 5.73 Å². The van der Waals surface area contributed by atoms with Crippen molar-refractivity contribution < 1.29 is 8.42 Å². The Morgan fingerprint density at radius 3 is 2.67 bits per heavy atom. The van der Waals surface area contributed by atoms with Gasteiger partial charge >= 0.3 is 0 Å². The monoisotopic (exact) mass is 232 g/mol. The van der Waals surface area contributed by atoms with Gasteiger partial charge in [0.2, 0.25) is 10.0 Å². The molecule has 86 valence electrons. The maximum absolute atomic E-state index is 11.7. The predicted octanol–water partition coefficient (Wildman–Crippen LogP) is -0.183. The molecular weight excluding hydrogens is 216 g/mol. The summed E-state index contributed by atoms with van der Waals surface area (Å²) in [5, 5.41) is 3.42. The van der Waals surface area contributed by atoms with E-state index < -0.39 is 15.3 Å². The van der Waals surface area contributed by atoms with Crippen LogP contribution in [-0.4, -0.2) is 30.0 Å². The maximum Gasteiger partial charge on any atom is 0.237 e. The summed E-state index contributed by atoms with van der Waals surface area (Å²) in [7, 11) is -1.73. The fourth-order valence-electron chi connectivity index (χ4n) is 1.08. The highest BCUT2D eigenvalue weighted by molar-refractivity contribution is 7.93. The second-order valence-electron chi connectivity index (χ2n) is 3.49. The van der Waals surface area contributed by atoms with E-state index in [1.165, 1.54) is 4.68 Å². The molecule has 0 radical (unpaired) electrons. The van der Waals surface area contributed by atoms with Gasteiger partial charge in [0, 0.05) is 19.7 Å². The summed E-state index contributed by atoms with van der Waals surface area (Å²) in [5.41, 5.74) is 6.07. The van der Waals surface area contributed by atoms with Gasteiger partial charge in [0.1, 0.15) is 5.82 Å². The number of rotatable bonds is 4. The highest BCUT2D eigenvalue weighted by Gasteiger charge is 2.20. The summed E-state index contributed by atoms with van der Waals surface area (Å²) in [6, 6.07) is 1.67. The van der Waals surface area contributed by atoms with Gasteiger partial charge in [-0.2, -0.15) is 5.10 Å². The van der Waals surface area contributed by atoms with E-state index in [1.807, 2.05) is 0 Å². The zero-order valence-corrected chi connectivity index (χ0v) is 9.87. The van der Waals surface area contributed by atoms with Crippen LogP contribution in [0, 0.1) is 6.92 Å². The maximum atomic E-state index is 11.7. The Kier molecular flexibility index (Phi) is 3.35. The second-order valence-corrected chi connectivity index (χ2v) is 5.59. The Morgan fingerprint density at radius 1 is 1.67 bits per heavy atom. The molecule has 0 amide bonds. The van der Waals surface area contributed by atoms with Gasteiger partial charge in [-0.25, -0.2) is 8.42 Å². The van der Waals surface area contributed by atoms with Gasteiger partial charge in [-0.3, -0.25) is 9.40 Å². The van der Waals surface area contributed by atoms with Gasteiger partial charge in [-0.1, -0.05) is 0 Å². The molecule has 0 fully saturated rings. The van der Waals surface area contributed by atoms with Crippen molar-refractivity contribution >= 4 is 15.8 Å². The third-order valence-corrected chi connectivity index (χ3v) is 3.86. The van der Waals surface area contributed by atoms with Crippen molar-refractivity contribution in [2.75, 3.05) is 11.3 Å². The molecule has 3 N–H and O–H groups in total. The molecule has 0 aliphatic heterocycles. The van der Waals surface area contributed by atoms with Crippen LogP contribution in [0.5, 0.6) is 0 Å². The van der Waals surface area contributed by atoms with Crippen molar-refractivity contribution in [2.24, 2.45) is 12.8 Å². The Balaban J connectivity index is 2.91. The van der Waals surface area contributed by atoms with Crippen molar-refractivity contribution in [3.8, 4) is 0 Å². The number of hydrogen-bond acceptors (Lipinski definition) is 4. The van der Waals surface area contributed by atoms with Crippen LogP contribution in [0.25, 0.3) is 0 Å². The van der Waals surface area contributed by atoms with Crippen LogP contribution < -0.4 is 10.5 Å². The molecule has 1 unspecified atom stereocenters. The van der Waals surface area contributed by atoms with E-state index in [-0.39, 0.29) is 6.54 Å². The SMILES string of the molecule is Cc1cc(NS(=O)(=O)C(C)CN)n(C)n1. The van der Waals surface area contributed by atoms with Crippen molar-refractivity contribution in [3.63, 3.8) is 0 Å². The molecule has 1 aromatic heterocycles. The topological polar surface area (TPSA) is 90.0 Å². The van der Waals surface area contributed by atoms with Gasteiger partial charge in [-0.05, 0) is 13.8 Å². The summed E-state index contributed by atoms with van der Waals surface area (Å²) in [4.78, 5) is 0. The van der Waals surface area contributed by atoms with Crippen LogP contribution in [0.1, 0.15) is 12.6 Å². The van der Waals surface area contributed by atoms with Crippen LogP contribution >= 0.6 is 0 Å². The van der Waals surface area contributed by atoms with E-state index in [0.29, 0.717) is 5.82 Å². The Labute approximate surface area is 89.5 Å². The molecule has 15 heavy (non-hydrogen) atoms. The van der Waals surface area contributed by atoms with E-state index in [9.17, 15) is 8.42 Å². The smallest absolute Gasteiger partial charge is 0.237 e. The third-order valence-electron chi connectivity index (χ3n) is 2.11. The molecule has 6 nitrogen and oxygen atoms in total. The molecule has 0 aliphatic rings. The molecule has 0 saturated carbocycles. The lowest BCUT2D eigenvalue weighted by Gasteiger charge is -2.12. The highest BCUT2D eigenvalue weighted by Crippen LogP contribution is 2.12. The average molecular weight is 232 g/mol. The van der Waals surface area contributed by atoms with E-state index in [0.717, 1.165) is 5.69 Å². The van der Waals surface area contributed by atoms with Crippen molar-refractivity contribution in [1.29, 1.82) is 0 Å². The first-order valence-corrected chi connectivity index (χ1v) is 6.14. The van der Waals surface area contributed by atoms with Crippen LogP contribution in [0.2, 0.25) is 0 Å². The lowest BCUT2D eigenvalue weighted by Crippen LogP contribution is -2.32. The lowest BCUT2D eigenvalue weighted by molar-refractivity contribution is 0.588. The first-order valence-electron chi connectivity index (χ1n) is 4.59. The number of sulfonamides is 1. The minimum atomic E-state index is -3.41. The van der Waals surface area contributed by atoms with Gasteiger partial charge in [0.15, 0.2) is 0 Å². The zero-order chi connectivity index (χ0) is 11.6. The number of anilines is 1. The quantitative estimate of drug-likeness (QED) is 0.753. The first kappa shape index (κ1) is 12.0. The van der Waals surface area contributed by atoms with E-state index >= 15 is 0 Å². The molecule has 0 saturated heterocycles. The number of nitrogens with one attached hydrogen (secondary N) is 1. The van der Waals surface area contributed by atoms with Gasteiger partial charge in [-0.15, -0.1) is 0 Å². The molecule has 0 bridgehead atoms. The Hall–Kier alpha value is -1.08. The standard InChI is InChI=1S/C8H16N4O2S/c1-6-4-8(12(3)10-6)11-15(13,14)7(2)5-9/h4,7,11H,5,9H2,1-3H3. The molecule has 7 heteroatoms. The molecule has 1 atom stereocenters. The number of aromatic nitrogens is 2. The lowest BCUT2D eigenvalue weighted by atomic mass is 10.5. The van der Waals surface area contributed by atoms with E-state index in [4.69, 9.17) is 5.73 Å². The van der Waals surface area contributed by atoms with Crippen LogP contribution in [-0.2, 0) is 17.1 Å². The number of nitrogens with two attached hydrogens (primary N) is 1. The minimum absolute atomic E-state index is 0.0895. The number of aryl methyl sites for hydroxylation is 2. The minimum Gasteiger partial charge on any atom is -0.329 e. The summed E-state index contributed by atoms with van der Waals surface area (Å²) in [6.07, 6.45) is 0. The molecular formula is C8H16N4O2S. The van der Waals surface area contributed by atoms with Crippen molar-refractivity contribution in [2.45, 2.75) is 19.1 Å².